The van der Waals surface area contributed by atoms with Crippen molar-refractivity contribution in [3.8, 4) is 0 Å². The van der Waals surface area contributed by atoms with Crippen LogP contribution in [0.4, 0.5) is 0 Å². The molecule has 140 valence electrons. The predicted octanol–water partition coefficient (Wildman–Crippen LogP) is 2.10. The van der Waals surface area contributed by atoms with Gasteiger partial charge >= 0.3 is 11.8 Å². The van der Waals surface area contributed by atoms with E-state index >= 15 is 0 Å². The molecule has 3 rings (SSSR count). The van der Waals surface area contributed by atoms with Gasteiger partial charge in [0.15, 0.2) is 5.60 Å². The molecule has 3 aromatic rings. The molecule has 2 aromatic heterocycles. The number of carbonyl (C=O) groups is 2. The lowest BCUT2D eigenvalue weighted by atomic mass is 9.93. The van der Waals surface area contributed by atoms with Crippen LogP contribution in [0.15, 0.2) is 76.2 Å². The van der Waals surface area contributed by atoms with Crippen molar-refractivity contribution in [2.45, 2.75) is 18.6 Å². The van der Waals surface area contributed by atoms with Crippen LogP contribution in [0.5, 0.6) is 0 Å². The number of aliphatic hydroxyl groups is 1. The molecule has 3 N–H and O–H groups in total. The first-order valence-electron chi connectivity index (χ1n) is 8.43. The molecule has 0 unspecified atom stereocenters. The quantitative estimate of drug-likeness (QED) is 0.578. The third-order valence-electron chi connectivity index (χ3n) is 4.29. The lowest BCUT2D eigenvalue weighted by molar-refractivity contribution is -0.140. The Hall–Kier alpha value is -3.32. The smallest absolute Gasteiger partial charge is 0.309 e. The van der Waals surface area contributed by atoms with E-state index in [2.05, 4.69) is 10.6 Å². The van der Waals surface area contributed by atoms with Crippen LogP contribution in [-0.4, -0.2) is 23.5 Å². The van der Waals surface area contributed by atoms with Gasteiger partial charge in [0.1, 0.15) is 5.76 Å². The Morgan fingerprint density at radius 3 is 2.48 bits per heavy atom. The second-order valence-electron chi connectivity index (χ2n) is 6.14. The van der Waals surface area contributed by atoms with E-state index < -0.39 is 17.4 Å². The lowest BCUT2D eigenvalue weighted by Gasteiger charge is -2.25. The van der Waals surface area contributed by atoms with Crippen LogP contribution in [-0.2, 0) is 15.2 Å². The van der Waals surface area contributed by atoms with E-state index in [9.17, 15) is 14.7 Å². The van der Waals surface area contributed by atoms with E-state index in [0.29, 0.717) is 5.56 Å². The third kappa shape index (κ3) is 4.09. The molecule has 2 atom stereocenters. The summed E-state index contributed by atoms with van der Waals surface area (Å²) >= 11 is 0. The molecule has 0 radical (unpaired) electrons. The standard InChI is InChI=1S/C20H20N2O5/c1-14(15-6-3-2-4-7-15)22-19(24)18(23)21-13-20(25,16-9-11-26-12-16)17-8-5-10-27-17/h2-12,14,25H,13H2,1H3,(H,21,23)(H,22,24)/t14-,20+/m1/s1. The Labute approximate surface area is 156 Å². The van der Waals surface area contributed by atoms with E-state index in [1.165, 1.54) is 18.8 Å². The Bertz CT molecular complexity index is 838. The Morgan fingerprint density at radius 1 is 1.07 bits per heavy atom. The first-order chi connectivity index (χ1) is 13.0. The highest BCUT2D eigenvalue weighted by Gasteiger charge is 2.36. The van der Waals surface area contributed by atoms with Gasteiger partial charge in [-0.1, -0.05) is 30.3 Å². The zero-order chi connectivity index (χ0) is 19.3. The van der Waals surface area contributed by atoms with Crippen molar-refractivity contribution in [1.82, 2.24) is 10.6 Å². The van der Waals surface area contributed by atoms with Crippen LogP contribution in [0.1, 0.15) is 29.9 Å². The summed E-state index contributed by atoms with van der Waals surface area (Å²) < 4.78 is 10.3. The molecule has 7 nitrogen and oxygen atoms in total. The van der Waals surface area contributed by atoms with Crippen LogP contribution in [0.3, 0.4) is 0 Å². The summed E-state index contributed by atoms with van der Waals surface area (Å²) in [6, 6.07) is 13.7. The molecule has 1 aromatic carbocycles. The van der Waals surface area contributed by atoms with Crippen molar-refractivity contribution in [3.63, 3.8) is 0 Å². The number of hydrogen-bond acceptors (Lipinski definition) is 5. The topological polar surface area (TPSA) is 105 Å². The second-order valence-corrected chi connectivity index (χ2v) is 6.14. The summed E-state index contributed by atoms with van der Waals surface area (Å²) in [6.45, 7) is 1.52. The minimum absolute atomic E-state index is 0.224. The van der Waals surface area contributed by atoms with Gasteiger partial charge < -0.3 is 24.6 Å². The molecule has 0 bridgehead atoms. The molecule has 2 heterocycles. The lowest BCUT2D eigenvalue weighted by Crippen LogP contribution is -2.47. The summed E-state index contributed by atoms with van der Waals surface area (Å²) in [7, 11) is 0. The fourth-order valence-corrected chi connectivity index (χ4v) is 2.72. The van der Waals surface area contributed by atoms with Gasteiger partial charge in [-0.15, -0.1) is 0 Å². The van der Waals surface area contributed by atoms with Crippen LogP contribution in [0, 0.1) is 0 Å². The number of amides is 2. The molecule has 0 spiro atoms. The maximum Gasteiger partial charge on any atom is 0.309 e. The number of rotatable bonds is 6. The maximum absolute atomic E-state index is 12.2. The number of furan rings is 2. The highest BCUT2D eigenvalue weighted by molar-refractivity contribution is 6.35. The molecule has 2 amide bonds. The molecule has 0 aliphatic carbocycles. The van der Waals surface area contributed by atoms with Gasteiger partial charge in [0.05, 0.1) is 31.4 Å². The van der Waals surface area contributed by atoms with Gasteiger partial charge in [0.25, 0.3) is 0 Å². The molecule has 0 aliphatic heterocycles. The van der Waals surface area contributed by atoms with Crippen molar-refractivity contribution in [2.75, 3.05) is 6.54 Å². The predicted molar refractivity (Wildman–Crippen MR) is 96.4 cm³/mol. The zero-order valence-electron chi connectivity index (χ0n) is 14.7. The molecule has 0 saturated heterocycles. The summed E-state index contributed by atoms with van der Waals surface area (Å²) in [6.07, 6.45) is 4.17. The van der Waals surface area contributed by atoms with Crippen molar-refractivity contribution in [1.29, 1.82) is 0 Å². The molecular formula is C20H20N2O5. The Balaban J connectivity index is 1.65. The van der Waals surface area contributed by atoms with Gasteiger partial charge in [-0.3, -0.25) is 9.59 Å². The van der Waals surface area contributed by atoms with Crippen LogP contribution in [0.2, 0.25) is 0 Å². The van der Waals surface area contributed by atoms with Gasteiger partial charge in [-0.25, -0.2) is 0 Å². The number of carbonyl (C=O) groups excluding carboxylic acids is 2. The Morgan fingerprint density at radius 2 is 1.85 bits per heavy atom. The molecule has 0 saturated carbocycles. The highest BCUT2D eigenvalue weighted by Crippen LogP contribution is 2.29. The molecule has 7 heteroatoms. The van der Waals surface area contributed by atoms with Gasteiger partial charge in [-0.2, -0.15) is 0 Å². The molecule has 0 aliphatic rings. The monoisotopic (exact) mass is 368 g/mol. The van der Waals surface area contributed by atoms with Crippen molar-refractivity contribution >= 4 is 11.8 Å². The summed E-state index contributed by atoms with van der Waals surface area (Å²) in [4.78, 5) is 24.4. The molecule has 0 fully saturated rings. The summed E-state index contributed by atoms with van der Waals surface area (Å²) in [5, 5.41) is 16.1. The van der Waals surface area contributed by atoms with Gasteiger partial charge in [-0.05, 0) is 30.7 Å². The van der Waals surface area contributed by atoms with Crippen molar-refractivity contribution in [3.05, 3.63) is 84.2 Å². The Kier molecular flexibility index (Phi) is 5.42. The number of hydrogen-bond donors (Lipinski definition) is 3. The largest absolute Gasteiger partial charge is 0.472 e. The van der Waals surface area contributed by atoms with Crippen LogP contribution in [0.25, 0.3) is 0 Å². The SMILES string of the molecule is C[C@@H](NC(=O)C(=O)NC[C@](O)(c1ccoc1)c1ccco1)c1ccccc1. The number of benzene rings is 1. The van der Waals surface area contributed by atoms with E-state index in [1.807, 2.05) is 30.3 Å². The van der Waals surface area contributed by atoms with E-state index in [4.69, 9.17) is 8.83 Å². The summed E-state index contributed by atoms with van der Waals surface area (Å²) in [5.74, 6) is -1.42. The van der Waals surface area contributed by atoms with Crippen molar-refractivity contribution in [2.24, 2.45) is 0 Å². The zero-order valence-corrected chi connectivity index (χ0v) is 14.7. The van der Waals surface area contributed by atoms with Gasteiger partial charge in [0, 0.05) is 5.56 Å². The van der Waals surface area contributed by atoms with Crippen LogP contribution < -0.4 is 10.6 Å². The minimum atomic E-state index is -1.66. The van der Waals surface area contributed by atoms with Crippen molar-refractivity contribution < 1.29 is 23.5 Å². The molecule has 27 heavy (non-hydrogen) atoms. The minimum Gasteiger partial charge on any atom is -0.472 e. The fourth-order valence-electron chi connectivity index (χ4n) is 2.72. The normalized spacial score (nSPS) is 14.1. The number of nitrogens with one attached hydrogen (secondary N) is 2. The average molecular weight is 368 g/mol. The van der Waals surface area contributed by atoms with E-state index in [0.717, 1.165) is 5.56 Å². The van der Waals surface area contributed by atoms with E-state index in [-0.39, 0.29) is 18.3 Å². The first kappa shape index (κ1) is 18.5. The highest BCUT2D eigenvalue weighted by atomic mass is 16.4. The van der Waals surface area contributed by atoms with E-state index in [1.54, 1.807) is 25.1 Å². The first-order valence-corrected chi connectivity index (χ1v) is 8.43. The van der Waals surface area contributed by atoms with Gasteiger partial charge in [0.2, 0.25) is 0 Å². The fraction of sp³-hybridized carbons (Fsp3) is 0.200. The summed E-state index contributed by atoms with van der Waals surface area (Å²) in [5.41, 5.74) is -0.378. The maximum atomic E-state index is 12.2. The van der Waals surface area contributed by atoms with Crippen LogP contribution >= 0.6 is 0 Å². The average Bonchev–Trinajstić information content (AvgIpc) is 3.40. The second kappa shape index (κ2) is 7.92. The molecular weight excluding hydrogens is 348 g/mol. The third-order valence-corrected chi connectivity index (χ3v) is 4.29.